The van der Waals surface area contributed by atoms with Crippen molar-refractivity contribution in [3.05, 3.63) is 81.1 Å². The lowest BCUT2D eigenvalue weighted by Gasteiger charge is -2.26. The van der Waals surface area contributed by atoms with Gasteiger partial charge in [0.1, 0.15) is 23.7 Å². The second-order valence-electron chi connectivity index (χ2n) is 8.22. The molecular formula is C27H30ClNO6. The first kappa shape index (κ1) is 26.3. The molecule has 2 aromatic carbocycles. The van der Waals surface area contributed by atoms with E-state index in [0.29, 0.717) is 27.8 Å². The maximum Gasteiger partial charge on any atom is 0.343 e. The number of carbonyl (C=O) groups is 1. The van der Waals surface area contributed by atoms with Gasteiger partial charge < -0.3 is 23.9 Å². The van der Waals surface area contributed by atoms with E-state index in [0.717, 1.165) is 5.56 Å². The third-order valence-corrected chi connectivity index (χ3v) is 6.19. The van der Waals surface area contributed by atoms with Crippen molar-refractivity contribution in [3.8, 4) is 22.8 Å². The van der Waals surface area contributed by atoms with E-state index in [-0.39, 0.29) is 37.3 Å². The molecule has 8 heteroatoms. The number of carbonyl (C=O) groups excluding carboxylic acids is 1. The van der Waals surface area contributed by atoms with Crippen molar-refractivity contribution in [2.45, 2.75) is 33.4 Å². The predicted molar refractivity (Wildman–Crippen MR) is 135 cm³/mol. The van der Waals surface area contributed by atoms with Crippen LogP contribution in [0.4, 0.5) is 0 Å². The van der Waals surface area contributed by atoms with Crippen molar-refractivity contribution in [1.82, 2.24) is 4.57 Å². The van der Waals surface area contributed by atoms with Gasteiger partial charge in [0.15, 0.2) is 5.43 Å². The Morgan fingerprint density at radius 1 is 1.11 bits per heavy atom. The van der Waals surface area contributed by atoms with Crippen LogP contribution in [0.2, 0.25) is 5.02 Å². The Labute approximate surface area is 209 Å². The molecule has 3 aromatic rings. The fourth-order valence-corrected chi connectivity index (χ4v) is 3.88. The molecule has 0 saturated carbocycles. The molecule has 1 heterocycles. The lowest BCUT2D eigenvalue weighted by atomic mass is 10.0. The van der Waals surface area contributed by atoms with Crippen molar-refractivity contribution in [2.24, 2.45) is 5.92 Å². The summed E-state index contributed by atoms with van der Waals surface area (Å²) in [5.41, 5.74) is 1.43. The zero-order chi connectivity index (χ0) is 25.5. The topological polar surface area (TPSA) is 87.0 Å². The van der Waals surface area contributed by atoms with Crippen LogP contribution < -0.4 is 14.9 Å². The van der Waals surface area contributed by atoms with Crippen molar-refractivity contribution < 1.29 is 24.1 Å². The normalized spacial score (nSPS) is 12.6. The summed E-state index contributed by atoms with van der Waals surface area (Å²) in [6.07, 6.45) is 1.48. The molecule has 0 fully saturated rings. The van der Waals surface area contributed by atoms with E-state index in [9.17, 15) is 14.7 Å². The van der Waals surface area contributed by atoms with Gasteiger partial charge in [0.25, 0.3) is 0 Å². The lowest BCUT2D eigenvalue weighted by molar-refractivity contribution is 0.0523. The molecule has 0 spiro atoms. The predicted octanol–water partition coefficient (Wildman–Crippen LogP) is 5.12. The average molecular weight is 500 g/mol. The number of methoxy groups -OCH3 is 1. The van der Waals surface area contributed by atoms with Gasteiger partial charge in [-0.25, -0.2) is 4.79 Å². The molecule has 0 amide bonds. The maximum absolute atomic E-state index is 13.0. The minimum atomic E-state index is -0.699. The Morgan fingerprint density at radius 2 is 1.83 bits per heavy atom. The van der Waals surface area contributed by atoms with Crippen LogP contribution in [0.3, 0.4) is 0 Å². The number of ether oxygens (including phenoxy) is 3. The van der Waals surface area contributed by atoms with Crippen LogP contribution in [0.15, 0.2) is 59.5 Å². The van der Waals surface area contributed by atoms with E-state index in [1.807, 2.05) is 44.2 Å². The van der Waals surface area contributed by atoms with Gasteiger partial charge in [0, 0.05) is 36.5 Å². The minimum absolute atomic E-state index is 0.0811. The van der Waals surface area contributed by atoms with E-state index < -0.39 is 11.4 Å². The van der Waals surface area contributed by atoms with Crippen molar-refractivity contribution in [3.63, 3.8) is 0 Å². The largest absolute Gasteiger partial charge is 0.495 e. The molecule has 1 N–H and O–H groups in total. The fourth-order valence-electron chi connectivity index (χ4n) is 3.64. The SMILES string of the molecule is CCOC(=O)c1cn(C(C)C(C)CO)c(-c2cc(Cl)c(OC)cc2OCc2ccccc2)cc1=O. The van der Waals surface area contributed by atoms with Gasteiger partial charge in [-0.1, -0.05) is 48.9 Å². The molecular weight excluding hydrogens is 470 g/mol. The zero-order valence-electron chi connectivity index (χ0n) is 20.3. The molecule has 0 radical (unpaired) electrons. The number of pyridine rings is 1. The number of benzene rings is 2. The van der Waals surface area contributed by atoms with Gasteiger partial charge in [0.05, 0.1) is 24.4 Å². The molecule has 0 bridgehead atoms. The molecule has 0 aliphatic rings. The quantitative estimate of drug-likeness (QED) is 0.389. The molecule has 0 saturated heterocycles. The average Bonchev–Trinajstić information content (AvgIpc) is 2.87. The summed E-state index contributed by atoms with van der Waals surface area (Å²) in [5.74, 6) is 0.00644. The second kappa shape index (κ2) is 11.9. The first-order valence-electron chi connectivity index (χ1n) is 11.4. The van der Waals surface area contributed by atoms with Crippen LogP contribution in [0.5, 0.6) is 11.5 Å². The monoisotopic (exact) mass is 499 g/mol. The Balaban J connectivity index is 2.20. The number of hydrogen-bond donors (Lipinski definition) is 1. The summed E-state index contributed by atoms with van der Waals surface area (Å²) in [6.45, 7) is 5.81. The summed E-state index contributed by atoms with van der Waals surface area (Å²) < 4.78 is 18.4. The zero-order valence-corrected chi connectivity index (χ0v) is 21.0. The molecule has 2 atom stereocenters. The number of aliphatic hydroxyl groups is 1. The van der Waals surface area contributed by atoms with Gasteiger partial charge in [-0.05, 0) is 31.4 Å². The second-order valence-corrected chi connectivity index (χ2v) is 8.63. The third-order valence-electron chi connectivity index (χ3n) is 5.89. The van der Waals surface area contributed by atoms with E-state index in [2.05, 4.69) is 0 Å². The highest BCUT2D eigenvalue weighted by Gasteiger charge is 2.24. The molecule has 3 rings (SSSR count). The van der Waals surface area contributed by atoms with E-state index in [1.54, 1.807) is 23.6 Å². The van der Waals surface area contributed by atoms with Crippen molar-refractivity contribution in [2.75, 3.05) is 20.3 Å². The molecule has 7 nitrogen and oxygen atoms in total. The fraction of sp³-hybridized carbons (Fsp3) is 0.333. The number of hydrogen-bond acceptors (Lipinski definition) is 6. The van der Waals surface area contributed by atoms with Gasteiger partial charge in [-0.15, -0.1) is 0 Å². The molecule has 0 aliphatic heterocycles. The van der Waals surface area contributed by atoms with Crippen LogP contribution in [0.25, 0.3) is 11.3 Å². The minimum Gasteiger partial charge on any atom is -0.495 e. The number of nitrogens with zero attached hydrogens (tertiary/aromatic N) is 1. The summed E-state index contributed by atoms with van der Waals surface area (Å²) in [5, 5.41) is 10.1. The summed E-state index contributed by atoms with van der Waals surface area (Å²) in [6, 6.07) is 14.1. The first-order chi connectivity index (χ1) is 16.8. The molecule has 35 heavy (non-hydrogen) atoms. The number of halogens is 1. The van der Waals surface area contributed by atoms with Crippen LogP contribution in [0.1, 0.15) is 42.7 Å². The summed E-state index contributed by atoms with van der Waals surface area (Å²) in [7, 11) is 1.51. The van der Waals surface area contributed by atoms with Gasteiger partial charge in [0.2, 0.25) is 0 Å². The highest BCUT2D eigenvalue weighted by atomic mass is 35.5. The Bertz CT molecular complexity index is 1220. The van der Waals surface area contributed by atoms with Crippen molar-refractivity contribution >= 4 is 17.6 Å². The van der Waals surface area contributed by atoms with Crippen LogP contribution >= 0.6 is 11.6 Å². The number of esters is 1. The Kier molecular flexibility index (Phi) is 8.95. The van der Waals surface area contributed by atoms with Crippen LogP contribution in [-0.2, 0) is 11.3 Å². The van der Waals surface area contributed by atoms with Crippen LogP contribution in [-0.4, -0.2) is 36.0 Å². The highest BCUT2D eigenvalue weighted by molar-refractivity contribution is 6.32. The smallest absolute Gasteiger partial charge is 0.343 e. The van der Waals surface area contributed by atoms with Gasteiger partial charge in [-0.2, -0.15) is 0 Å². The first-order valence-corrected chi connectivity index (χ1v) is 11.8. The summed E-state index contributed by atoms with van der Waals surface area (Å²) in [4.78, 5) is 25.4. The van der Waals surface area contributed by atoms with Gasteiger partial charge >= 0.3 is 5.97 Å². The maximum atomic E-state index is 13.0. The number of aliphatic hydroxyl groups excluding tert-OH is 1. The van der Waals surface area contributed by atoms with Crippen LogP contribution in [0, 0.1) is 5.92 Å². The third kappa shape index (κ3) is 6.05. The number of rotatable bonds is 10. The standard InChI is InChI=1S/C27H30ClNO6/c1-5-34-27(32)21-14-29(18(3)17(2)15-30)23(12-24(21)31)20-11-22(28)26(33-4)13-25(20)35-16-19-9-7-6-8-10-19/h6-14,17-18,30H,5,15-16H2,1-4H3. The van der Waals surface area contributed by atoms with Crippen molar-refractivity contribution in [1.29, 1.82) is 0 Å². The van der Waals surface area contributed by atoms with Gasteiger partial charge in [-0.3, -0.25) is 4.79 Å². The van der Waals surface area contributed by atoms with E-state index in [1.165, 1.54) is 19.4 Å². The molecule has 0 aliphatic carbocycles. The molecule has 186 valence electrons. The van der Waals surface area contributed by atoms with E-state index in [4.69, 9.17) is 25.8 Å². The Hall–Kier alpha value is -3.29. The molecule has 2 unspecified atom stereocenters. The summed E-state index contributed by atoms with van der Waals surface area (Å²) >= 11 is 6.47. The lowest BCUT2D eigenvalue weighted by Crippen LogP contribution is -2.25. The molecule has 1 aromatic heterocycles. The van der Waals surface area contributed by atoms with E-state index >= 15 is 0 Å². The Morgan fingerprint density at radius 3 is 2.46 bits per heavy atom. The highest BCUT2D eigenvalue weighted by Crippen LogP contribution is 2.40. The number of aromatic nitrogens is 1.